The molecule has 9 nitrogen and oxygen atoms in total. The number of carboxylic acid groups (broad SMARTS) is 1. The highest BCUT2D eigenvalue weighted by molar-refractivity contribution is 5.99. The highest BCUT2D eigenvalue weighted by Gasteiger charge is 2.45. The SMILES string of the molecule is Cc1nccn1C1(C(=O)O)CCN(C(=O)c2cnn3cccnc23)CC1. The molecule has 4 heterocycles. The third-order valence-electron chi connectivity index (χ3n) is 5.07. The van der Waals surface area contributed by atoms with Gasteiger partial charge in [0.25, 0.3) is 5.91 Å². The Bertz CT molecular complexity index is 983. The first kappa shape index (κ1) is 16.2. The first-order valence-corrected chi connectivity index (χ1v) is 8.34. The number of hydrogen-bond donors (Lipinski definition) is 1. The van der Waals surface area contributed by atoms with Crippen molar-refractivity contribution in [1.29, 1.82) is 0 Å². The van der Waals surface area contributed by atoms with Crippen molar-refractivity contribution >= 4 is 17.5 Å². The molecule has 0 unspecified atom stereocenters. The van der Waals surface area contributed by atoms with Crippen molar-refractivity contribution in [1.82, 2.24) is 29.0 Å². The fourth-order valence-electron chi connectivity index (χ4n) is 3.62. The van der Waals surface area contributed by atoms with Gasteiger partial charge in [-0.2, -0.15) is 5.10 Å². The molecule has 134 valence electrons. The van der Waals surface area contributed by atoms with Crippen LogP contribution in [-0.4, -0.2) is 59.1 Å². The fourth-order valence-corrected chi connectivity index (χ4v) is 3.62. The summed E-state index contributed by atoms with van der Waals surface area (Å²) in [5.74, 6) is -0.428. The zero-order valence-electron chi connectivity index (χ0n) is 14.2. The molecule has 1 amide bonds. The Hall–Kier alpha value is -3.23. The number of aromatic nitrogens is 5. The van der Waals surface area contributed by atoms with E-state index in [-0.39, 0.29) is 5.91 Å². The van der Waals surface area contributed by atoms with E-state index in [4.69, 9.17) is 0 Å². The maximum atomic E-state index is 12.9. The molecular formula is C17H18N6O3. The van der Waals surface area contributed by atoms with Crippen molar-refractivity contribution in [2.45, 2.75) is 25.3 Å². The Morgan fingerprint density at radius 1 is 1.15 bits per heavy atom. The summed E-state index contributed by atoms with van der Waals surface area (Å²) in [6, 6.07) is 1.74. The van der Waals surface area contributed by atoms with Crippen LogP contribution in [0.2, 0.25) is 0 Å². The molecule has 0 aliphatic carbocycles. The first-order chi connectivity index (χ1) is 12.5. The van der Waals surface area contributed by atoms with Gasteiger partial charge in [-0.15, -0.1) is 0 Å². The minimum Gasteiger partial charge on any atom is -0.479 e. The Kier molecular flexibility index (Phi) is 3.71. The maximum Gasteiger partial charge on any atom is 0.330 e. The number of aryl methyl sites for hydroxylation is 1. The minimum atomic E-state index is -1.07. The van der Waals surface area contributed by atoms with Crippen molar-refractivity contribution in [3.05, 3.63) is 48.4 Å². The second-order valence-electron chi connectivity index (χ2n) is 6.42. The number of imidazole rings is 1. The topological polar surface area (TPSA) is 106 Å². The van der Waals surface area contributed by atoms with Crippen molar-refractivity contribution in [3.63, 3.8) is 0 Å². The Morgan fingerprint density at radius 3 is 2.58 bits per heavy atom. The smallest absolute Gasteiger partial charge is 0.330 e. The van der Waals surface area contributed by atoms with Crippen molar-refractivity contribution in [3.8, 4) is 0 Å². The number of nitrogens with zero attached hydrogens (tertiary/aromatic N) is 6. The quantitative estimate of drug-likeness (QED) is 0.751. The number of amides is 1. The molecule has 1 aliphatic heterocycles. The first-order valence-electron chi connectivity index (χ1n) is 8.34. The van der Waals surface area contributed by atoms with Crippen LogP contribution in [0.4, 0.5) is 0 Å². The molecule has 1 fully saturated rings. The largest absolute Gasteiger partial charge is 0.479 e. The Labute approximate surface area is 148 Å². The highest BCUT2D eigenvalue weighted by Crippen LogP contribution is 2.32. The summed E-state index contributed by atoms with van der Waals surface area (Å²) < 4.78 is 3.25. The molecule has 1 aliphatic rings. The maximum absolute atomic E-state index is 12.9. The van der Waals surface area contributed by atoms with Crippen LogP contribution in [0.5, 0.6) is 0 Å². The molecule has 4 rings (SSSR count). The molecule has 0 saturated carbocycles. The predicted molar refractivity (Wildman–Crippen MR) is 90.7 cm³/mol. The number of aliphatic carboxylic acids is 1. The van der Waals surface area contributed by atoms with Gasteiger partial charge in [-0.1, -0.05) is 0 Å². The molecule has 3 aromatic heterocycles. The summed E-state index contributed by atoms with van der Waals surface area (Å²) in [6.45, 7) is 2.47. The number of rotatable bonds is 3. The summed E-state index contributed by atoms with van der Waals surface area (Å²) in [6.07, 6.45) is 8.77. The van der Waals surface area contributed by atoms with E-state index in [2.05, 4.69) is 15.1 Å². The van der Waals surface area contributed by atoms with Crippen LogP contribution in [0.15, 0.2) is 37.1 Å². The predicted octanol–water partition coefficient (Wildman–Crippen LogP) is 0.950. The van der Waals surface area contributed by atoms with E-state index in [0.717, 1.165) is 0 Å². The van der Waals surface area contributed by atoms with E-state index in [1.54, 1.807) is 51.8 Å². The number of carboxylic acids is 1. The normalized spacial score (nSPS) is 16.7. The monoisotopic (exact) mass is 354 g/mol. The number of piperidine rings is 1. The van der Waals surface area contributed by atoms with E-state index < -0.39 is 11.5 Å². The van der Waals surface area contributed by atoms with Crippen LogP contribution in [0.25, 0.3) is 5.65 Å². The molecule has 1 N–H and O–H groups in total. The number of fused-ring (bicyclic) bond motifs is 1. The molecule has 26 heavy (non-hydrogen) atoms. The second kappa shape index (κ2) is 5.94. The van der Waals surface area contributed by atoms with Gasteiger partial charge in [-0.3, -0.25) is 4.79 Å². The lowest BCUT2D eigenvalue weighted by Gasteiger charge is -2.40. The van der Waals surface area contributed by atoms with Crippen molar-refractivity contribution in [2.75, 3.05) is 13.1 Å². The van der Waals surface area contributed by atoms with Crippen LogP contribution >= 0.6 is 0 Å². The van der Waals surface area contributed by atoms with Gasteiger partial charge >= 0.3 is 5.97 Å². The van der Waals surface area contributed by atoms with E-state index in [0.29, 0.717) is 43.0 Å². The molecule has 0 aromatic carbocycles. The molecule has 0 atom stereocenters. The van der Waals surface area contributed by atoms with Gasteiger partial charge in [0, 0.05) is 37.9 Å². The number of carbonyl (C=O) groups is 2. The minimum absolute atomic E-state index is 0.181. The molecule has 0 bridgehead atoms. The van der Waals surface area contributed by atoms with Gasteiger partial charge < -0.3 is 14.6 Å². The highest BCUT2D eigenvalue weighted by atomic mass is 16.4. The standard InChI is InChI=1S/C17H18N6O3/c1-12-18-6-10-22(12)17(16(25)26)3-8-21(9-4-17)15(24)13-11-20-23-7-2-5-19-14(13)23/h2,5-7,10-11H,3-4,8-9H2,1H3,(H,25,26). The van der Waals surface area contributed by atoms with Gasteiger partial charge in [0.2, 0.25) is 0 Å². The fraction of sp³-hybridized carbons (Fsp3) is 0.353. The van der Waals surface area contributed by atoms with Crippen LogP contribution in [0.3, 0.4) is 0 Å². The zero-order chi connectivity index (χ0) is 18.3. The molecule has 9 heteroatoms. The summed E-state index contributed by atoms with van der Waals surface area (Å²) in [5, 5.41) is 14.0. The molecule has 3 aromatic rings. The van der Waals surface area contributed by atoms with Crippen molar-refractivity contribution < 1.29 is 14.7 Å². The second-order valence-corrected chi connectivity index (χ2v) is 6.42. The van der Waals surface area contributed by atoms with Gasteiger partial charge in [0.05, 0.1) is 6.20 Å². The lowest BCUT2D eigenvalue weighted by molar-refractivity contribution is -0.150. The Morgan fingerprint density at radius 2 is 1.92 bits per heavy atom. The van der Waals surface area contributed by atoms with Gasteiger partial charge in [-0.05, 0) is 25.8 Å². The average Bonchev–Trinajstić information content (AvgIpc) is 3.27. The summed E-state index contributed by atoms with van der Waals surface area (Å²) in [4.78, 5) is 34.9. The Balaban J connectivity index is 1.59. The van der Waals surface area contributed by atoms with E-state index in [9.17, 15) is 14.7 Å². The molecule has 0 spiro atoms. The van der Waals surface area contributed by atoms with Crippen LogP contribution in [-0.2, 0) is 10.3 Å². The lowest BCUT2D eigenvalue weighted by Crippen LogP contribution is -2.52. The van der Waals surface area contributed by atoms with Crippen LogP contribution < -0.4 is 0 Å². The number of likely N-dealkylation sites (tertiary alicyclic amines) is 1. The van der Waals surface area contributed by atoms with E-state index in [1.165, 1.54) is 6.20 Å². The van der Waals surface area contributed by atoms with E-state index >= 15 is 0 Å². The van der Waals surface area contributed by atoms with Gasteiger partial charge in [0.15, 0.2) is 5.65 Å². The zero-order valence-corrected chi connectivity index (χ0v) is 14.2. The third kappa shape index (κ3) is 2.35. The summed E-state index contributed by atoms with van der Waals surface area (Å²) in [5.41, 5.74) is -0.151. The summed E-state index contributed by atoms with van der Waals surface area (Å²) >= 11 is 0. The van der Waals surface area contributed by atoms with Gasteiger partial charge in [-0.25, -0.2) is 19.3 Å². The molecule has 1 saturated heterocycles. The van der Waals surface area contributed by atoms with Crippen LogP contribution in [0.1, 0.15) is 29.0 Å². The molecule has 0 radical (unpaired) electrons. The third-order valence-corrected chi connectivity index (χ3v) is 5.07. The number of hydrogen-bond acceptors (Lipinski definition) is 5. The van der Waals surface area contributed by atoms with Gasteiger partial charge in [0.1, 0.15) is 16.9 Å². The van der Waals surface area contributed by atoms with Crippen molar-refractivity contribution in [2.24, 2.45) is 0 Å². The van der Waals surface area contributed by atoms with Crippen LogP contribution in [0, 0.1) is 6.92 Å². The summed E-state index contributed by atoms with van der Waals surface area (Å²) in [7, 11) is 0. The van der Waals surface area contributed by atoms with E-state index in [1.807, 2.05) is 0 Å². The number of carbonyl (C=O) groups excluding carboxylic acids is 1. The lowest BCUT2D eigenvalue weighted by atomic mass is 9.86. The average molecular weight is 354 g/mol. The molecular weight excluding hydrogens is 336 g/mol.